The fourth-order valence-corrected chi connectivity index (χ4v) is 4.77. The van der Waals surface area contributed by atoms with E-state index in [-0.39, 0.29) is 24.2 Å². The van der Waals surface area contributed by atoms with Gasteiger partial charge in [-0.15, -0.1) is 11.3 Å². The second kappa shape index (κ2) is 7.29. The van der Waals surface area contributed by atoms with Gasteiger partial charge in [0.25, 0.3) is 0 Å². The topological polar surface area (TPSA) is 62.3 Å². The highest BCUT2D eigenvalue weighted by Gasteiger charge is 2.35. The summed E-state index contributed by atoms with van der Waals surface area (Å²) in [4.78, 5) is 31.7. The van der Waals surface area contributed by atoms with Crippen molar-refractivity contribution in [2.45, 2.75) is 13.0 Å². The molecule has 6 heteroatoms. The summed E-state index contributed by atoms with van der Waals surface area (Å²) in [5.74, 6) is -0.460. The molecule has 0 radical (unpaired) electrons. The van der Waals surface area contributed by atoms with Crippen molar-refractivity contribution < 1.29 is 9.59 Å². The number of nitrogens with zero attached hydrogens (tertiary/aromatic N) is 2. The van der Waals surface area contributed by atoms with Crippen LogP contribution in [-0.2, 0) is 16.1 Å². The molecular weight excluding hydrogens is 382 g/mol. The highest BCUT2D eigenvalue weighted by molar-refractivity contribution is 7.18. The van der Waals surface area contributed by atoms with Crippen molar-refractivity contribution in [1.29, 1.82) is 0 Å². The van der Waals surface area contributed by atoms with E-state index >= 15 is 0 Å². The first-order chi connectivity index (χ1) is 14.2. The van der Waals surface area contributed by atoms with Gasteiger partial charge in [-0.1, -0.05) is 48.5 Å². The zero-order valence-corrected chi connectivity index (χ0v) is 16.5. The molecule has 0 spiro atoms. The first-order valence-corrected chi connectivity index (χ1v) is 10.4. The number of anilines is 1. The molecule has 2 heterocycles. The van der Waals surface area contributed by atoms with E-state index in [1.807, 2.05) is 66.7 Å². The van der Waals surface area contributed by atoms with E-state index in [1.165, 1.54) is 0 Å². The summed E-state index contributed by atoms with van der Waals surface area (Å²) in [6, 6.07) is 21.8. The smallest absolute Gasteiger partial charge is 0.227 e. The van der Waals surface area contributed by atoms with Crippen molar-refractivity contribution in [2.24, 2.45) is 5.92 Å². The molecular formula is C23H19N3O2S. The van der Waals surface area contributed by atoms with Crippen LogP contribution in [0.5, 0.6) is 0 Å². The number of nitrogens with one attached hydrogen (secondary N) is 1. The Bertz CT molecular complexity index is 1190. The van der Waals surface area contributed by atoms with Gasteiger partial charge in [-0.05, 0) is 23.6 Å². The van der Waals surface area contributed by atoms with Crippen LogP contribution in [0.25, 0.3) is 21.0 Å². The summed E-state index contributed by atoms with van der Waals surface area (Å²) in [5.41, 5.74) is 1.81. The van der Waals surface area contributed by atoms with Gasteiger partial charge in [0.05, 0.1) is 28.4 Å². The maximum atomic E-state index is 12.7. The van der Waals surface area contributed by atoms with Gasteiger partial charge in [0.1, 0.15) is 5.01 Å². The van der Waals surface area contributed by atoms with Crippen molar-refractivity contribution >= 4 is 49.8 Å². The number of para-hydroxylation sites is 1. The fraction of sp³-hybridized carbons (Fsp3) is 0.174. The van der Waals surface area contributed by atoms with Crippen LogP contribution in [0, 0.1) is 5.92 Å². The highest BCUT2D eigenvalue weighted by atomic mass is 32.1. The third-order valence-electron chi connectivity index (χ3n) is 5.31. The van der Waals surface area contributed by atoms with E-state index in [0.29, 0.717) is 13.1 Å². The number of hydrogen-bond acceptors (Lipinski definition) is 4. The summed E-state index contributed by atoms with van der Waals surface area (Å²) >= 11 is 1.58. The van der Waals surface area contributed by atoms with Gasteiger partial charge in [-0.2, -0.15) is 0 Å². The number of carbonyl (C=O) groups is 2. The molecule has 5 rings (SSSR count). The molecule has 144 valence electrons. The monoisotopic (exact) mass is 401 g/mol. The minimum absolute atomic E-state index is 0.0125. The normalized spacial score (nSPS) is 16.6. The van der Waals surface area contributed by atoms with Crippen LogP contribution in [0.2, 0.25) is 0 Å². The lowest BCUT2D eigenvalue weighted by molar-refractivity contribution is -0.126. The number of hydrogen-bond donors (Lipinski definition) is 1. The maximum Gasteiger partial charge on any atom is 0.227 e. The van der Waals surface area contributed by atoms with Gasteiger partial charge >= 0.3 is 0 Å². The predicted octanol–water partition coefficient (Wildman–Crippen LogP) is 4.12. The Morgan fingerprint density at radius 2 is 1.86 bits per heavy atom. The summed E-state index contributed by atoms with van der Waals surface area (Å²) in [6.07, 6.45) is 0.231. The van der Waals surface area contributed by atoms with Crippen molar-refractivity contribution in [1.82, 2.24) is 10.3 Å². The zero-order valence-electron chi connectivity index (χ0n) is 15.7. The second-order valence-corrected chi connectivity index (χ2v) is 8.31. The van der Waals surface area contributed by atoms with Crippen molar-refractivity contribution in [3.05, 3.63) is 71.7 Å². The molecule has 29 heavy (non-hydrogen) atoms. The lowest BCUT2D eigenvalue weighted by Crippen LogP contribution is -2.32. The number of fused-ring (bicyclic) bond motifs is 2. The Morgan fingerprint density at radius 1 is 1.07 bits per heavy atom. The molecule has 5 nitrogen and oxygen atoms in total. The first kappa shape index (κ1) is 17.8. The Balaban J connectivity index is 1.30. The van der Waals surface area contributed by atoms with Gasteiger partial charge < -0.3 is 10.2 Å². The molecule has 0 saturated carbocycles. The number of thiazole rings is 1. The number of carbonyl (C=O) groups excluding carboxylic acids is 2. The average Bonchev–Trinajstić information content (AvgIpc) is 3.34. The molecule has 1 aliphatic rings. The summed E-state index contributed by atoms with van der Waals surface area (Å²) in [7, 11) is 0. The second-order valence-electron chi connectivity index (χ2n) is 7.20. The molecule has 0 aliphatic carbocycles. The Hall–Kier alpha value is -3.25. The van der Waals surface area contributed by atoms with Crippen LogP contribution in [-0.4, -0.2) is 23.3 Å². The summed E-state index contributed by atoms with van der Waals surface area (Å²) in [5, 5.41) is 5.94. The van der Waals surface area contributed by atoms with Gasteiger partial charge in [-0.3, -0.25) is 9.59 Å². The van der Waals surface area contributed by atoms with Crippen LogP contribution in [0.4, 0.5) is 5.69 Å². The lowest BCUT2D eigenvalue weighted by atomic mass is 10.1. The third-order valence-corrected chi connectivity index (χ3v) is 6.34. The minimum atomic E-state index is -0.351. The van der Waals surface area contributed by atoms with Gasteiger partial charge in [0.2, 0.25) is 11.8 Å². The van der Waals surface area contributed by atoms with Crippen LogP contribution in [0.15, 0.2) is 66.7 Å². The molecule has 1 fully saturated rings. The van der Waals surface area contributed by atoms with Gasteiger partial charge in [0, 0.05) is 18.4 Å². The van der Waals surface area contributed by atoms with E-state index < -0.39 is 0 Å². The Kier molecular flexibility index (Phi) is 4.48. The van der Waals surface area contributed by atoms with Crippen molar-refractivity contribution in [3.8, 4) is 0 Å². The quantitative estimate of drug-likeness (QED) is 0.560. The molecule has 1 aromatic heterocycles. The summed E-state index contributed by atoms with van der Waals surface area (Å²) < 4.78 is 1.11. The first-order valence-electron chi connectivity index (χ1n) is 9.59. The molecule has 3 aromatic carbocycles. The fourth-order valence-electron chi connectivity index (χ4n) is 3.86. The van der Waals surface area contributed by atoms with Crippen LogP contribution < -0.4 is 10.2 Å². The Morgan fingerprint density at radius 3 is 2.76 bits per heavy atom. The van der Waals surface area contributed by atoms with Crippen molar-refractivity contribution in [2.75, 3.05) is 11.4 Å². The number of rotatable bonds is 4. The molecule has 4 aromatic rings. The number of benzene rings is 3. The molecule has 1 unspecified atom stereocenters. The predicted molar refractivity (Wildman–Crippen MR) is 116 cm³/mol. The van der Waals surface area contributed by atoms with Crippen LogP contribution in [0.1, 0.15) is 11.4 Å². The zero-order chi connectivity index (χ0) is 19.8. The van der Waals surface area contributed by atoms with E-state index in [9.17, 15) is 9.59 Å². The van der Waals surface area contributed by atoms with E-state index in [1.54, 1.807) is 16.2 Å². The lowest BCUT2D eigenvalue weighted by Gasteiger charge is -2.19. The molecule has 1 atom stereocenters. The Labute approximate surface area is 172 Å². The third kappa shape index (κ3) is 3.36. The standard InChI is InChI=1S/C23H19N3O2S/c27-22-12-16(14-26(22)19-10-5-7-15-6-1-2-8-17(15)19)23(28)24-13-21-25-18-9-3-4-11-20(18)29-21/h1-11,16H,12-14H2,(H,24,28). The summed E-state index contributed by atoms with van der Waals surface area (Å²) in [6.45, 7) is 0.787. The number of amides is 2. The number of aromatic nitrogens is 1. The molecule has 0 bridgehead atoms. The largest absolute Gasteiger partial charge is 0.349 e. The van der Waals surface area contributed by atoms with E-state index in [4.69, 9.17) is 0 Å². The highest BCUT2D eigenvalue weighted by Crippen LogP contribution is 2.31. The van der Waals surface area contributed by atoms with Gasteiger partial charge in [-0.25, -0.2) is 4.98 Å². The van der Waals surface area contributed by atoms with Crippen molar-refractivity contribution in [3.63, 3.8) is 0 Å². The van der Waals surface area contributed by atoms with E-state index in [2.05, 4.69) is 10.3 Å². The SMILES string of the molecule is O=C(NCc1nc2ccccc2s1)C1CC(=O)N(c2cccc3ccccc23)C1. The van der Waals surface area contributed by atoms with Gasteiger partial charge in [0.15, 0.2) is 0 Å². The molecule has 1 saturated heterocycles. The molecule has 1 aliphatic heterocycles. The van der Waals surface area contributed by atoms with E-state index in [0.717, 1.165) is 31.7 Å². The molecule has 2 amide bonds. The molecule has 1 N–H and O–H groups in total. The van der Waals surface area contributed by atoms with Crippen LogP contribution in [0.3, 0.4) is 0 Å². The average molecular weight is 401 g/mol. The maximum absolute atomic E-state index is 12.7. The minimum Gasteiger partial charge on any atom is -0.349 e. The van der Waals surface area contributed by atoms with Crippen LogP contribution >= 0.6 is 11.3 Å².